The Kier molecular flexibility index (Phi) is 3.81. The third-order valence-electron chi connectivity index (χ3n) is 2.85. The van der Waals surface area contributed by atoms with Gasteiger partial charge < -0.3 is 5.11 Å². The molecule has 1 aromatic carbocycles. The highest BCUT2D eigenvalue weighted by Crippen LogP contribution is 2.27. The molecule has 0 amide bonds. The summed E-state index contributed by atoms with van der Waals surface area (Å²) < 4.78 is 26.1. The van der Waals surface area contributed by atoms with Crippen LogP contribution in [0.4, 0.5) is 0 Å². The number of hydrogen-bond donors (Lipinski definition) is 2. The molecular weight excluding hydrogens is 238 g/mol. The Labute approximate surface area is 102 Å². The van der Waals surface area contributed by atoms with E-state index in [1.165, 1.54) is 0 Å². The molecule has 1 saturated carbocycles. The van der Waals surface area contributed by atoms with Crippen LogP contribution in [0.25, 0.3) is 0 Å². The fourth-order valence-electron chi connectivity index (χ4n) is 1.58. The number of hydrogen-bond acceptors (Lipinski definition) is 3. The van der Waals surface area contributed by atoms with E-state index in [-0.39, 0.29) is 12.4 Å². The molecule has 0 heterocycles. The second-order valence-corrected chi connectivity index (χ2v) is 6.33. The molecule has 2 N–H and O–H groups in total. The van der Waals surface area contributed by atoms with Gasteiger partial charge in [0.05, 0.1) is 12.4 Å². The summed E-state index contributed by atoms with van der Waals surface area (Å²) in [4.78, 5) is 0. The van der Waals surface area contributed by atoms with Crippen LogP contribution in [-0.4, -0.2) is 20.1 Å². The Morgan fingerprint density at radius 1 is 1.18 bits per heavy atom. The van der Waals surface area contributed by atoms with E-state index in [4.69, 9.17) is 5.11 Å². The second kappa shape index (κ2) is 5.16. The molecule has 0 radical (unpaired) electrons. The maximum Gasteiger partial charge on any atom is 0.215 e. The van der Waals surface area contributed by atoms with Gasteiger partial charge in [0, 0.05) is 6.54 Å². The van der Waals surface area contributed by atoms with Crippen molar-refractivity contribution in [2.24, 2.45) is 5.92 Å². The first kappa shape index (κ1) is 12.5. The average Bonchev–Trinajstić information content (AvgIpc) is 3.11. The number of aliphatic hydroxyl groups excluding tert-OH is 1. The molecule has 4 nitrogen and oxygen atoms in total. The first-order valence-corrected chi connectivity index (χ1v) is 7.40. The predicted octanol–water partition coefficient (Wildman–Crippen LogP) is 1.01. The van der Waals surface area contributed by atoms with E-state index in [9.17, 15) is 8.42 Å². The predicted molar refractivity (Wildman–Crippen MR) is 65.7 cm³/mol. The Balaban J connectivity index is 1.92. The van der Waals surface area contributed by atoms with Crippen molar-refractivity contribution in [1.29, 1.82) is 0 Å². The molecule has 0 saturated heterocycles. The van der Waals surface area contributed by atoms with E-state index in [2.05, 4.69) is 4.72 Å². The Hall–Kier alpha value is -0.910. The van der Waals surface area contributed by atoms with Gasteiger partial charge in [0.2, 0.25) is 10.0 Å². The zero-order chi connectivity index (χ0) is 12.3. The van der Waals surface area contributed by atoms with Crippen LogP contribution in [0.3, 0.4) is 0 Å². The van der Waals surface area contributed by atoms with E-state index >= 15 is 0 Å². The first-order chi connectivity index (χ1) is 8.09. The van der Waals surface area contributed by atoms with Crippen LogP contribution in [0.5, 0.6) is 0 Å². The summed E-state index contributed by atoms with van der Waals surface area (Å²) in [7, 11) is -3.22. The topological polar surface area (TPSA) is 66.4 Å². The van der Waals surface area contributed by atoms with Crippen molar-refractivity contribution in [1.82, 2.24) is 4.72 Å². The molecule has 94 valence electrons. The summed E-state index contributed by atoms with van der Waals surface area (Å²) in [5.74, 6) is 0.548. The number of sulfonamides is 1. The zero-order valence-corrected chi connectivity index (χ0v) is 10.4. The minimum absolute atomic E-state index is 0.00539. The lowest BCUT2D eigenvalue weighted by Gasteiger charge is -2.06. The highest BCUT2D eigenvalue weighted by molar-refractivity contribution is 7.88. The quantitative estimate of drug-likeness (QED) is 0.797. The number of aliphatic hydroxyl groups is 1. The highest BCUT2D eigenvalue weighted by Gasteiger charge is 2.23. The zero-order valence-electron chi connectivity index (χ0n) is 9.59. The SMILES string of the molecule is O=S(=O)(Cc1ccc(CO)cc1)NCC1CC1. The van der Waals surface area contributed by atoms with Gasteiger partial charge in [0.15, 0.2) is 0 Å². The molecule has 0 unspecified atom stereocenters. The fourth-order valence-corrected chi connectivity index (χ4v) is 2.80. The molecule has 0 bridgehead atoms. The van der Waals surface area contributed by atoms with Crippen LogP contribution in [0.1, 0.15) is 24.0 Å². The van der Waals surface area contributed by atoms with Crippen LogP contribution in [0, 0.1) is 5.92 Å². The fraction of sp³-hybridized carbons (Fsp3) is 0.500. The smallest absolute Gasteiger partial charge is 0.215 e. The molecule has 1 fully saturated rings. The van der Waals surface area contributed by atoms with Gasteiger partial charge in [-0.3, -0.25) is 0 Å². The third kappa shape index (κ3) is 4.11. The third-order valence-corrected chi connectivity index (χ3v) is 4.17. The highest BCUT2D eigenvalue weighted by atomic mass is 32.2. The second-order valence-electron chi connectivity index (χ2n) is 4.53. The molecule has 1 aliphatic rings. The average molecular weight is 255 g/mol. The molecule has 0 spiro atoms. The van der Waals surface area contributed by atoms with Gasteiger partial charge in [-0.1, -0.05) is 24.3 Å². The summed E-state index contributed by atoms with van der Waals surface area (Å²) in [6.45, 7) is 0.546. The number of benzene rings is 1. The molecule has 0 aliphatic heterocycles. The molecule has 5 heteroatoms. The van der Waals surface area contributed by atoms with Crippen LogP contribution in [-0.2, 0) is 22.4 Å². The van der Waals surface area contributed by atoms with Crippen LogP contribution in [0.2, 0.25) is 0 Å². The van der Waals surface area contributed by atoms with E-state index in [1.54, 1.807) is 24.3 Å². The van der Waals surface area contributed by atoms with Gasteiger partial charge >= 0.3 is 0 Å². The van der Waals surface area contributed by atoms with Gasteiger partial charge in [-0.05, 0) is 29.9 Å². The van der Waals surface area contributed by atoms with E-state index < -0.39 is 10.0 Å². The molecule has 0 aromatic heterocycles. The van der Waals surface area contributed by atoms with Crippen LogP contribution < -0.4 is 4.72 Å². The molecule has 1 aliphatic carbocycles. The van der Waals surface area contributed by atoms with Crippen molar-refractivity contribution in [2.45, 2.75) is 25.2 Å². The Bertz CT molecular complexity index is 463. The number of nitrogens with one attached hydrogen (secondary N) is 1. The minimum Gasteiger partial charge on any atom is -0.392 e. The summed E-state index contributed by atoms with van der Waals surface area (Å²) in [5.41, 5.74) is 1.53. The maximum absolute atomic E-state index is 11.7. The van der Waals surface area contributed by atoms with Crippen molar-refractivity contribution in [3.05, 3.63) is 35.4 Å². The summed E-state index contributed by atoms with van der Waals surface area (Å²) in [5, 5.41) is 8.88. The Morgan fingerprint density at radius 2 is 1.76 bits per heavy atom. The normalized spacial score (nSPS) is 16.1. The van der Waals surface area contributed by atoms with Crippen molar-refractivity contribution >= 4 is 10.0 Å². The van der Waals surface area contributed by atoms with Gasteiger partial charge in [-0.2, -0.15) is 0 Å². The van der Waals surface area contributed by atoms with E-state index in [0.29, 0.717) is 12.5 Å². The molecule has 1 aromatic rings. The van der Waals surface area contributed by atoms with Crippen LogP contribution in [0.15, 0.2) is 24.3 Å². The minimum atomic E-state index is -3.22. The monoisotopic (exact) mass is 255 g/mol. The molecule has 0 atom stereocenters. The van der Waals surface area contributed by atoms with Crippen molar-refractivity contribution < 1.29 is 13.5 Å². The van der Waals surface area contributed by atoms with Gasteiger partial charge in [-0.15, -0.1) is 0 Å². The van der Waals surface area contributed by atoms with Gasteiger partial charge in [0.1, 0.15) is 0 Å². The molecule has 17 heavy (non-hydrogen) atoms. The maximum atomic E-state index is 11.7. The van der Waals surface area contributed by atoms with Crippen molar-refractivity contribution in [2.75, 3.05) is 6.54 Å². The summed E-state index contributed by atoms with van der Waals surface area (Å²) >= 11 is 0. The van der Waals surface area contributed by atoms with Gasteiger partial charge in [-0.25, -0.2) is 13.1 Å². The lowest BCUT2D eigenvalue weighted by atomic mass is 10.2. The largest absolute Gasteiger partial charge is 0.392 e. The van der Waals surface area contributed by atoms with Crippen molar-refractivity contribution in [3.8, 4) is 0 Å². The summed E-state index contributed by atoms with van der Waals surface area (Å²) in [6, 6.07) is 6.96. The Morgan fingerprint density at radius 3 is 2.29 bits per heavy atom. The summed E-state index contributed by atoms with van der Waals surface area (Å²) in [6.07, 6.45) is 2.27. The lowest BCUT2D eigenvalue weighted by Crippen LogP contribution is -2.27. The molecular formula is C12H17NO3S. The van der Waals surface area contributed by atoms with E-state index in [0.717, 1.165) is 24.0 Å². The standard InChI is InChI=1S/C12H17NO3S/c14-8-11-3-5-12(6-4-11)9-17(15,16)13-7-10-1-2-10/h3-6,10,13-14H,1-2,7-9H2. The van der Waals surface area contributed by atoms with E-state index in [1.807, 2.05) is 0 Å². The number of rotatable bonds is 6. The lowest BCUT2D eigenvalue weighted by molar-refractivity contribution is 0.282. The van der Waals surface area contributed by atoms with Crippen LogP contribution >= 0.6 is 0 Å². The van der Waals surface area contributed by atoms with Crippen molar-refractivity contribution in [3.63, 3.8) is 0 Å². The first-order valence-electron chi connectivity index (χ1n) is 5.75. The molecule has 2 rings (SSSR count). The van der Waals surface area contributed by atoms with Gasteiger partial charge in [0.25, 0.3) is 0 Å².